The second-order valence-electron chi connectivity index (χ2n) is 5.37. The largest absolute Gasteiger partial charge is 0.496 e. The lowest BCUT2D eigenvalue weighted by Gasteiger charge is -2.08. The number of thiophene rings is 1. The maximum atomic E-state index is 5.42. The van der Waals surface area contributed by atoms with Crippen LogP contribution in [0, 0.1) is 6.92 Å². The second kappa shape index (κ2) is 5.55. The van der Waals surface area contributed by atoms with Crippen molar-refractivity contribution in [2.24, 2.45) is 0 Å². The van der Waals surface area contributed by atoms with E-state index in [0.717, 1.165) is 28.3 Å². The molecule has 4 aromatic rings. The zero-order chi connectivity index (χ0) is 15.8. The van der Waals surface area contributed by atoms with Gasteiger partial charge in [0.05, 0.1) is 24.7 Å². The third-order valence-electron chi connectivity index (χ3n) is 3.87. The molecular formula is C17H16N4OS. The van der Waals surface area contributed by atoms with Crippen LogP contribution in [0.3, 0.4) is 0 Å². The first-order chi connectivity index (χ1) is 11.3. The lowest BCUT2D eigenvalue weighted by molar-refractivity contribution is 0.407. The molecule has 0 saturated carbocycles. The van der Waals surface area contributed by atoms with E-state index in [4.69, 9.17) is 9.72 Å². The van der Waals surface area contributed by atoms with Crippen molar-refractivity contribution < 1.29 is 4.74 Å². The van der Waals surface area contributed by atoms with Crippen molar-refractivity contribution in [2.45, 2.75) is 13.5 Å². The highest BCUT2D eigenvalue weighted by atomic mass is 32.1. The Hall–Kier alpha value is -2.60. The molecule has 0 unspecified atom stereocenters. The maximum absolute atomic E-state index is 5.42. The van der Waals surface area contributed by atoms with E-state index < -0.39 is 0 Å². The zero-order valence-corrected chi connectivity index (χ0v) is 13.7. The van der Waals surface area contributed by atoms with E-state index >= 15 is 0 Å². The van der Waals surface area contributed by atoms with Gasteiger partial charge in [0.2, 0.25) is 0 Å². The van der Waals surface area contributed by atoms with Crippen LogP contribution in [0.25, 0.3) is 21.9 Å². The molecule has 0 atom stereocenters. The van der Waals surface area contributed by atoms with Crippen molar-refractivity contribution in [2.75, 3.05) is 7.11 Å². The number of methoxy groups -OCH3 is 1. The Morgan fingerprint density at radius 1 is 1.26 bits per heavy atom. The summed E-state index contributed by atoms with van der Waals surface area (Å²) in [7, 11) is 1.68. The Balaban J connectivity index is 1.74. The van der Waals surface area contributed by atoms with E-state index in [1.165, 1.54) is 10.4 Å². The fourth-order valence-corrected chi connectivity index (χ4v) is 3.55. The molecule has 116 valence electrons. The topological polar surface area (TPSA) is 55.7 Å². The van der Waals surface area contributed by atoms with Crippen molar-refractivity contribution in [3.8, 4) is 16.5 Å². The first-order valence-electron chi connectivity index (χ1n) is 7.34. The number of ether oxygens (including phenoxy) is 1. The molecule has 6 heteroatoms. The third-order valence-corrected chi connectivity index (χ3v) is 4.90. The van der Waals surface area contributed by atoms with Gasteiger partial charge in [-0.25, -0.2) is 9.67 Å². The highest BCUT2D eigenvalue weighted by Crippen LogP contribution is 2.29. The molecule has 5 nitrogen and oxygen atoms in total. The summed E-state index contributed by atoms with van der Waals surface area (Å²) in [4.78, 5) is 9.27. The normalized spacial score (nSPS) is 11.2. The van der Waals surface area contributed by atoms with Crippen LogP contribution in [0.4, 0.5) is 0 Å². The summed E-state index contributed by atoms with van der Waals surface area (Å²) in [6, 6.07) is 10.1. The van der Waals surface area contributed by atoms with Crippen molar-refractivity contribution >= 4 is 22.5 Å². The molecule has 0 radical (unpaired) electrons. The number of aromatic amines is 1. The standard InChI is InChI=1S/C17H16N4OS/c1-11-7-8-23-15(11)16-19-13-9-18-21(17(13)20-16)10-12-5-3-4-6-14(12)22-2/h3-9H,10H2,1-2H3,(H,19,20). The summed E-state index contributed by atoms with van der Waals surface area (Å²) < 4.78 is 7.32. The molecule has 0 fully saturated rings. The van der Waals surface area contributed by atoms with Gasteiger partial charge >= 0.3 is 0 Å². The average Bonchev–Trinajstić information content (AvgIpc) is 3.24. The monoisotopic (exact) mass is 324 g/mol. The van der Waals surface area contributed by atoms with Crippen molar-refractivity contribution in [3.63, 3.8) is 0 Å². The van der Waals surface area contributed by atoms with E-state index in [1.54, 1.807) is 18.4 Å². The van der Waals surface area contributed by atoms with Crippen LogP contribution in [0.15, 0.2) is 41.9 Å². The van der Waals surface area contributed by atoms with E-state index in [9.17, 15) is 0 Å². The highest BCUT2D eigenvalue weighted by molar-refractivity contribution is 7.13. The fraction of sp³-hybridized carbons (Fsp3) is 0.176. The summed E-state index contributed by atoms with van der Waals surface area (Å²) in [5.41, 5.74) is 4.12. The Labute approximate surface area is 137 Å². The summed E-state index contributed by atoms with van der Waals surface area (Å²) in [5, 5.41) is 6.52. The number of benzene rings is 1. The molecule has 0 spiro atoms. The highest BCUT2D eigenvalue weighted by Gasteiger charge is 2.14. The fourth-order valence-electron chi connectivity index (χ4n) is 2.68. The number of rotatable bonds is 4. The second-order valence-corrected chi connectivity index (χ2v) is 6.29. The predicted molar refractivity (Wildman–Crippen MR) is 92.0 cm³/mol. The Morgan fingerprint density at radius 3 is 2.91 bits per heavy atom. The van der Waals surface area contributed by atoms with Crippen LogP contribution in [0.1, 0.15) is 11.1 Å². The summed E-state index contributed by atoms with van der Waals surface area (Å²) in [5.74, 6) is 1.76. The van der Waals surface area contributed by atoms with Gasteiger partial charge < -0.3 is 9.72 Å². The van der Waals surface area contributed by atoms with Crippen molar-refractivity contribution in [1.82, 2.24) is 19.7 Å². The van der Waals surface area contributed by atoms with Gasteiger partial charge in [-0.2, -0.15) is 5.10 Å². The Morgan fingerprint density at radius 2 is 2.13 bits per heavy atom. The molecule has 4 rings (SSSR count). The minimum atomic E-state index is 0.626. The zero-order valence-electron chi connectivity index (χ0n) is 12.9. The molecule has 1 aromatic carbocycles. The number of imidazole rings is 1. The molecule has 1 N–H and O–H groups in total. The molecule has 0 bridgehead atoms. The molecule has 23 heavy (non-hydrogen) atoms. The first kappa shape index (κ1) is 14.0. The SMILES string of the molecule is COc1ccccc1Cn1ncc2[nH]c(-c3sccc3C)nc21. The molecule has 3 heterocycles. The van der Waals surface area contributed by atoms with Gasteiger partial charge in [-0.05, 0) is 30.0 Å². The quantitative estimate of drug-likeness (QED) is 0.620. The first-order valence-corrected chi connectivity index (χ1v) is 8.22. The average molecular weight is 324 g/mol. The van der Waals surface area contributed by atoms with Gasteiger partial charge in [0.1, 0.15) is 11.3 Å². The van der Waals surface area contributed by atoms with Gasteiger partial charge in [0, 0.05) is 5.56 Å². The number of aryl methyl sites for hydroxylation is 1. The summed E-state index contributed by atoms with van der Waals surface area (Å²) in [6.45, 7) is 2.72. The van der Waals surface area contributed by atoms with Crippen LogP contribution < -0.4 is 4.74 Å². The van der Waals surface area contributed by atoms with Crippen LogP contribution in [0.2, 0.25) is 0 Å². The van der Waals surface area contributed by atoms with E-state index in [2.05, 4.69) is 28.5 Å². The van der Waals surface area contributed by atoms with Crippen LogP contribution >= 0.6 is 11.3 Å². The molecule has 0 aliphatic rings. The Kier molecular flexibility index (Phi) is 3.38. The molecule has 0 saturated heterocycles. The van der Waals surface area contributed by atoms with Crippen LogP contribution in [-0.2, 0) is 6.54 Å². The van der Waals surface area contributed by atoms with Crippen molar-refractivity contribution in [3.05, 3.63) is 53.0 Å². The van der Waals surface area contributed by atoms with Crippen LogP contribution in [0.5, 0.6) is 5.75 Å². The van der Waals surface area contributed by atoms with Gasteiger partial charge in [-0.15, -0.1) is 11.3 Å². The number of para-hydroxylation sites is 1. The molecule has 0 amide bonds. The summed E-state index contributed by atoms with van der Waals surface area (Å²) in [6.07, 6.45) is 1.82. The lowest BCUT2D eigenvalue weighted by Crippen LogP contribution is -2.03. The molecule has 0 aliphatic carbocycles. The number of hydrogen-bond acceptors (Lipinski definition) is 4. The molecule has 3 aromatic heterocycles. The molecular weight excluding hydrogens is 308 g/mol. The number of fused-ring (bicyclic) bond motifs is 1. The minimum Gasteiger partial charge on any atom is -0.496 e. The summed E-state index contributed by atoms with van der Waals surface area (Å²) >= 11 is 1.69. The lowest BCUT2D eigenvalue weighted by atomic mass is 10.2. The van der Waals surface area contributed by atoms with Crippen LogP contribution in [-0.4, -0.2) is 26.9 Å². The number of nitrogens with one attached hydrogen (secondary N) is 1. The maximum Gasteiger partial charge on any atom is 0.177 e. The molecule has 0 aliphatic heterocycles. The Bertz CT molecular complexity index is 966. The minimum absolute atomic E-state index is 0.626. The number of nitrogens with zero attached hydrogens (tertiary/aromatic N) is 3. The number of hydrogen-bond donors (Lipinski definition) is 1. The number of H-pyrrole nitrogens is 1. The van der Waals surface area contributed by atoms with Gasteiger partial charge in [-0.1, -0.05) is 18.2 Å². The number of aromatic nitrogens is 4. The predicted octanol–water partition coefficient (Wildman–Crippen LogP) is 3.85. The third kappa shape index (κ3) is 2.41. The van der Waals surface area contributed by atoms with Gasteiger partial charge in [-0.3, -0.25) is 0 Å². The van der Waals surface area contributed by atoms with E-state index in [0.29, 0.717) is 6.54 Å². The van der Waals surface area contributed by atoms with E-state index in [-0.39, 0.29) is 0 Å². The van der Waals surface area contributed by atoms with Gasteiger partial charge in [0.25, 0.3) is 0 Å². The van der Waals surface area contributed by atoms with Gasteiger partial charge in [0.15, 0.2) is 11.5 Å². The smallest absolute Gasteiger partial charge is 0.177 e. The van der Waals surface area contributed by atoms with Crippen molar-refractivity contribution in [1.29, 1.82) is 0 Å². The van der Waals surface area contributed by atoms with E-state index in [1.807, 2.05) is 35.1 Å².